The van der Waals surface area contributed by atoms with Crippen molar-refractivity contribution in [3.63, 3.8) is 0 Å². The zero-order valence-corrected chi connectivity index (χ0v) is 9.64. The van der Waals surface area contributed by atoms with Crippen molar-refractivity contribution in [2.45, 2.75) is 25.6 Å². The molecule has 4 heteroatoms. The van der Waals surface area contributed by atoms with Gasteiger partial charge in [-0.25, -0.2) is 0 Å². The van der Waals surface area contributed by atoms with Crippen LogP contribution in [0.4, 0.5) is 0 Å². The molecule has 86 valence electrons. The number of rotatable bonds is 1. The summed E-state index contributed by atoms with van der Waals surface area (Å²) in [6.45, 7) is 4.07. The van der Waals surface area contributed by atoms with Gasteiger partial charge < -0.3 is 4.74 Å². The molecule has 16 heavy (non-hydrogen) atoms. The number of imide groups is 1. The van der Waals surface area contributed by atoms with Crippen LogP contribution in [-0.2, 0) is 14.3 Å². The van der Waals surface area contributed by atoms with Gasteiger partial charge in [0.1, 0.15) is 5.60 Å². The van der Waals surface area contributed by atoms with Crippen molar-refractivity contribution in [2.24, 2.45) is 17.8 Å². The number of carbonyl (C=O) groups excluding carboxylic acids is 2. The van der Waals surface area contributed by atoms with Gasteiger partial charge >= 0.3 is 0 Å². The summed E-state index contributed by atoms with van der Waals surface area (Å²) < 4.78 is 5.90. The number of nitrogens with zero attached hydrogens (tertiary/aromatic N) is 1. The Bertz CT molecular complexity index is 414. The highest BCUT2D eigenvalue weighted by Gasteiger charge is 2.67. The van der Waals surface area contributed by atoms with Crippen molar-refractivity contribution in [3.8, 4) is 0 Å². The molecule has 0 aromatic carbocycles. The molecule has 3 heterocycles. The summed E-state index contributed by atoms with van der Waals surface area (Å²) in [6.07, 6.45) is 3.72. The number of likely N-dealkylation sites (tertiary alicyclic amines) is 1. The molecule has 3 aliphatic rings. The molecule has 4 atom stereocenters. The van der Waals surface area contributed by atoms with E-state index >= 15 is 0 Å². The predicted octanol–water partition coefficient (Wildman–Crippen LogP) is 0.581. The second kappa shape index (κ2) is 2.74. The lowest BCUT2D eigenvalue weighted by Gasteiger charge is -2.32. The lowest BCUT2D eigenvalue weighted by atomic mass is 9.72. The summed E-state index contributed by atoms with van der Waals surface area (Å²) in [7, 11) is 1.57. The summed E-state index contributed by atoms with van der Waals surface area (Å²) in [6, 6.07) is 0. The first-order chi connectivity index (χ1) is 7.49. The standard InChI is InChI=1S/C12H15NO3/c1-6(2)12-5-4-7(16-12)8-9(12)11(15)13(3)10(8)14/h4-9H,1-3H3. The Kier molecular flexibility index (Phi) is 1.72. The minimum atomic E-state index is -0.549. The smallest absolute Gasteiger partial charge is 0.236 e. The molecule has 3 aliphatic heterocycles. The SMILES string of the molecule is CC(C)C12C=CC(O1)C1C(=O)N(C)C(=O)C12. The summed E-state index contributed by atoms with van der Waals surface area (Å²) in [5.41, 5.74) is -0.549. The number of hydrogen-bond acceptors (Lipinski definition) is 3. The van der Waals surface area contributed by atoms with Gasteiger partial charge in [0.05, 0.1) is 17.9 Å². The Hall–Kier alpha value is -1.16. The molecule has 0 saturated carbocycles. The van der Waals surface area contributed by atoms with Crippen molar-refractivity contribution in [3.05, 3.63) is 12.2 Å². The van der Waals surface area contributed by atoms with E-state index in [9.17, 15) is 9.59 Å². The first kappa shape index (κ1) is 10.0. The molecule has 0 N–H and O–H groups in total. The van der Waals surface area contributed by atoms with Crippen LogP contribution in [0.15, 0.2) is 12.2 Å². The number of hydrogen-bond donors (Lipinski definition) is 0. The maximum atomic E-state index is 12.1. The zero-order chi connectivity index (χ0) is 11.7. The topological polar surface area (TPSA) is 46.6 Å². The summed E-state index contributed by atoms with van der Waals surface area (Å²) in [4.78, 5) is 25.3. The normalized spacial score (nSPS) is 45.0. The van der Waals surface area contributed by atoms with Gasteiger partial charge in [0.2, 0.25) is 11.8 Å². The highest BCUT2D eigenvalue weighted by atomic mass is 16.5. The van der Waals surface area contributed by atoms with E-state index in [1.807, 2.05) is 26.0 Å². The molecular formula is C12H15NO3. The Balaban J connectivity index is 2.11. The second-order valence-electron chi connectivity index (χ2n) is 5.19. The van der Waals surface area contributed by atoms with Crippen LogP contribution in [0.1, 0.15) is 13.8 Å². The molecule has 0 radical (unpaired) electrons. The van der Waals surface area contributed by atoms with E-state index in [4.69, 9.17) is 4.74 Å². The molecule has 4 nitrogen and oxygen atoms in total. The van der Waals surface area contributed by atoms with E-state index in [2.05, 4.69) is 0 Å². The van der Waals surface area contributed by atoms with Gasteiger partial charge in [0, 0.05) is 7.05 Å². The molecule has 2 bridgehead atoms. The lowest BCUT2D eigenvalue weighted by molar-refractivity contribution is -0.143. The highest BCUT2D eigenvalue weighted by Crippen LogP contribution is 2.54. The second-order valence-corrected chi connectivity index (χ2v) is 5.19. The van der Waals surface area contributed by atoms with E-state index in [0.717, 1.165) is 0 Å². The van der Waals surface area contributed by atoms with Crippen LogP contribution in [-0.4, -0.2) is 35.5 Å². The van der Waals surface area contributed by atoms with Crippen molar-refractivity contribution in [1.82, 2.24) is 4.90 Å². The molecule has 0 aliphatic carbocycles. The maximum Gasteiger partial charge on any atom is 0.236 e. The van der Waals surface area contributed by atoms with Crippen LogP contribution in [0.25, 0.3) is 0 Å². The van der Waals surface area contributed by atoms with Crippen LogP contribution in [0.5, 0.6) is 0 Å². The largest absolute Gasteiger partial charge is 0.362 e. The first-order valence-electron chi connectivity index (χ1n) is 5.67. The lowest BCUT2D eigenvalue weighted by Crippen LogP contribution is -2.43. The Morgan fingerprint density at radius 2 is 2.06 bits per heavy atom. The van der Waals surface area contributed by atoms with Crippen LogP contribution in [0, 0.1) is 17.8 Å². The van der Waals surface area contributed by atoms with E-state index < -0.39 is 5.60 Å². The monoisotopic (exact) mass is 221 g/mol. The van der Waals surface area contributed by atoms with Gasteiger partial charge in [-0.2, -0.15) is 0 Å². The fourth-order valence-electron chi connectivity index (χ4n) is 3.26. The summed E-state index contributed by atoms with van der Waals surface area (Å²) in [5, 5.41) is 0. The third-order valence-electron chi connectivity index (χ3n) is 4.20. The van der Waals surface area contributed by atoms with E-state index in [1.54, 1.807) is 7.05 Å². The van der Waals surface area contributed by atoms with E-state index in [0.29, 0.717) is 0 Å². The van der Waals surface area contributed by atoms with Gasteiger partial charge in [-0.05, 0) is 5.92 Å². The Morgan fingerprint density at radius 3 is 2.69 bits per heavy atom. The molecule has 2 saturated heterocycles. The molecular weight excluding hydrogens is 206 g/mol. The fourth-order valence-corrected chi connectivity index (χ4v) is 3.26. The molecule has 0 aromatic heterocycles. The molecule has 2 fully saturated rings. The minimum Gasteiger partial charge on any atom is -0.362 e. The van der Waals surface area contributed by atoms with Gasteiger partial charge in [-0.15, -0.1) is 0 Å². The van der Waals surface area contributed by atoms with Crippen molar-refractivity contribution >= 4 is 11.8 Å². The van der Waals surface area contributed by atoms with Crippen LogP contribution >= 0.6 is 0 Å². The third-order valence-corrected chi connectivity index (χ3v) is 4.20. The summed E-state index contributed by atoms with van der Waals surface area (Å²) >= 11 is 0. The number of ether oxygens (including phenoxy) is 1. The molecule has 4 unspecified atom stereocenters. The third kappa shape index (κ3) is 0.857. The van der Waals surface area contributed by atoms with Gasteiger partial charge in [0.25, 0.3) is 0 Å². The van der Waals surface area contributed by atoms with E-state index in [-0.39, 0.29) is 35.7 Å². The number of amides is 2. The molecule has 2 amide bonds. The molecule has 0 aromatic rings. The Morgan fingerprint density at radius 1 is 1.38 bits per heavy atom. The van der Waals surface area contributed by atoms with Crippen LogP contribution < -0.4 is 0 Å². The number of fused-ring (bicyclic) bond motifs is 5. The van der Waals surface area contributed by atoms with Crippen molar-refractivity contribution < 1.29 is 14.3 Å². The van der Waals surface area contributed by atoms with Crippen molar-refractivity contribution in [1.29, 1.82) is 0 Å². The first-order valence-corrected chi connectivity index (χ1v) is 5.67. The van der Waals surface area contributed by atoms with Gasteiger partial charge in [-0.3, -0.25) is 14.5 Å². The molecule has 3 rings (SSSR count). The predicted molar refractivity (Wildman–Crippen MR) is 56.3 cm³/mol. The average Bonchev–Trinajstić information content (AvgIpc) is 2.87. The van der Waals surface area contributed by atoms with E-state index in [1.165, 1.54) is 4.90 Å². The van der Waals surface area contributed by atoms with Crippen LogP contribution in [0.3, 0.4) is 0 Å². The summed E-state index contributed by atoms with van der Waals surface area (Å²) in [5.74, 6) is -0.570. The Labute approximate surface area is 94.2 Å². The van der Waals surface area contributed by atoms with Gasteiger partial charge in [-0.1, -0.05) is 26.0 Å². The minimum absolute atomic E-state index is 0.0875. The average molecular weight is 221 g/mol. The van der Waals surface area contributed by atoms with Crippen molar-refractivity contribution in [2.75, 3.05) is 7.05 Å². The fraction of sp³-hybridized carbons (Fsp3) is 0.667. The maximum absolute atomic E-state index is 12.1. The highest BCUT2D eigenvalue weighted by molar-refractivity contribution is 6.06. The zero-order valence-electron chi connectivity index (χ0n) is 9.64. The quantitative estimate of drug-likeness (QED) is 0.480. The van der Waals surface area contributed by atoms with Gasteiger partial charge in [0.15, 0.2) is 0 Å². The number of carbonyl (C=O) groups is 2. The van der Waals surface area contributed by atoms with Crippen LogP contribution in [0.2, 0.25) is 0 Å². The molecule has 0 spiro atoms.